The topological polar surface area (TPSA) is 63.5 Å². The molecule has 0 heterocycles. The van der Waals surface area contributed by atoms with Gasteiger partial charge in [-0.25, -0.2) is 8.78 Å². The Hall–Kier alpha value is -1.76. The third-order valence-electron chi connectivity index (χ3n) is 2.68. The lowest BCUT2D eigenvalue weighted by molar-refractivity contribution is -0.385. The molecular weight excluding hydrogens is 294 g/mol. The third kappa shape index (κ3) is 3.41. The molecule has 0 saturated heterocycles. The molecule has 0 radical (unpaired) electrons. The van der Waals surface area contributed by atoms with Crippen LogP contribution in [0.5, 0.6) is 0 Å². The Morgan fingerprint density at radius 2 is 1.95 bits per heavy atom. The number of amides is 1. The summed E-state index contributed by atoms with van der Waals surface area (Å²) in [5.41, 5.74) is -1.26. The summed E-state index contributed by atoms with van der Waals surface area (Å²) in [5, 5.41) is 10.9. The molecule has 110 valence electrons. The Kier molecular flexibility index (Phi) is 5.38. The maximum atomic E-state index is 13.2. The normalized spacial score (nSPS) is 10.7. The van der Waals surface area contributed by atoms with Crippen molar-refractivity contribution in [2.24, 2.45) is 0 Å². The summed E-state index contributed by atoms with van der Waals surface area (Å²) in [6.45, 7) is 3.53. The second-order valence-corrected chi connectivity index (χ2v) is 4.70. The SMILES string of the molecule is CC(C)N(CCCl)C(=O)c1cc(F)c(F)cc1[N+](=O)[O-]. The van der Waals surface area contributed by atoms with Crippen LogP contribution in [0.25, 0.3) is 0 Å². The molecule has 0 saturated carbocycles. The zero-order valence-corrected chi connectivity index (χ0v) is 11.7. The lowest BCUT2D eigenvalue weighted by Crippen LogP contribution is -2.38. The van der Waals surface area contributed by atoms with Crippen LogP contribution in [0, 0.1) is 21.7 Å². The van der Waals surface area contributed by atoms with Crippen LogP contribution in [0.15, 0.2) is 12.1 Å². The summed E-state index contributed by atoms with van der Waals surface area (Å²) in [7, 11) is 0. The van der Waals surface area contributed by atoms with Crippen LogP contribution in [0.2, 0.25) is 0 Å². The molecule has 0 aromatic heterocycles. The van der Waals surface area contributed by atoms with Gasteiger partial charge in [-0.2, -0.15) is 0 Å². The Morgan fingerprint density at radius 1 is 1.40 bits per heavy atom. The number of nitro groups is 1. The zero-order chi connectivity index (χ0) is 15.4. The summed E-state index contributed by atoms with van der Waals surface area (Å²) >= 11 is 5.57. The minimum absolute atomic E-state index is 0.126. The quantitative estimate of drug-likeness (QED) is 0.477. The van der Waals surface area contributed by atoms with Crippen molar-refractivity contribution >= 4 is 23.2 Å². The van der Waals surface area contributed by atoms with Crippen molar-refractivity contribution in [1.29, 1.82) is 0 Å². The summed E-state index contributed by atoms with van der Waals surface area (Å²) < 4.78 is 26.3. The minimum Gasteiger partial charge on any atom is -0.335 e. The molecule has 0 aliphatic heterocycles. The van der Waals surface area contributed by atoms with E-state index in [1.807, 2.05) is 0 Å². The second kappa shape index (κ2) is 6.60. The Morgan fingerprint density at radius 3 is 2.40 bits per heavy atom. The molecule has 20 heavy (non-hydrogen) atoms. The molecule has 0 bridgehead atoms. The van der Waals surface area contributed by atoms with Crippen LogP contribution in [0.1, 0.15) is 24.2 Å². The Balaban J connectivity index is 3.33. The van der Waals surface area contributed by atoms with E-state index in [9.17, 15) is 23.7 Å². The summed E-state index contributed by atoms with van der Waals surface area (Å²) in [6, 6.07) is 0.662. The van der Waals surface area contributed by atoms with Crippen molar-refractivity contribution in [3.63, 3.8) is 0 Å². The molecular formula is C12H13ClF2N2O3. The van der Waals surface area contributed by atoms with Gasteiger partial charge in [0.05, 0.1) is 11.0 Å². The molecule has 1 amide bonds. The standard InChI is InChI=1S/C12H13ClF2N2O3/c1-7(2)16(4-3-13)12(18)8-5-9(14)10(15)6-11(8)17(19)20/h5-7H,3-4H2,1-2H3. The van der Waals surface area contributed by atoms with Gasteiger partial charge in [0, 0.05) is 18.5 Å². The highest BCUT2D eigenvalue weighted by Gasteiger charge is 2.28. The number of carbonyl (C=O) groups is 1. The summed E-state index contributed by atoms with van der Waals surface area (Å²) in [4.78, 5) is 23.4. The maximum Gasteiger partial charge on any atom is 0.285 e. The van der Waals surface area contributed by atoms with Gasteiger partial charge < -0.3 is 4.90 Å². The third-order valence-corrected chi connectivity index (χ3v) is 2.84. The van der Waals surface area contributed by atoms with Crippen LogP contribution >= 0.6 is 11.6 Å². The van der Waals surface area contributed by atoms with Gasteiger partial charge in [0.15, 0.2) is 11.6 Å². The first-order valence-electron chi connectivity index (χ1n) is 5.80. The minimum atomic E-state index is -1.37. The van der Waals surface area contributed by atoms with Crippen LogP contribution in [0.4, 0.5) is 14.5 Å². The maximum absolute atomic E-state index is 13.2. The fourth-order valence-corrected chi connectivity index (χ4v) is 1.88. The van der Waals surface area contributed by atoms with E-state index in [2.05, 4.69) is 0 Å². The van der Waals surface area contributed by atoms with Gasteiger partial charge in [-0.05, 0) is 19.9 Å². The molecule has 0 atom stereocenters. The van der Waals surface area contributed by atoms with Crippen molar-refractivity contribution in [2.45, 2.75) is 19.9 Å². The number of carbonyl (C=O) groups excluding carboxylic acids is 1. The van der Waals surface area contributed by atoms with Crippen LogP contribution in [0.3, 0.4) is 0 Å². The average molecular weight is 307 g/mol. The highest BCUT2D eigenvalue weighted by Crippen LogP contribution is 2.24. The van der Waals surface area contributed by atoms with E-state index >= 15 is 0 Å². The number of hydrogen-bond donors (Lipinski definition) is 0. The Labute approximate surface area is 119 Å². The van der Waals surface area contributed by atoms with Crippen LogP contribution in [-0.4, -0.2) is 34.2 Å². The molecule has 1 aromatic carbocycles. The fraction of sp³-hybridized carbons (Fsp3) is 0.417. The molecule has 1 rings (SSSR count). The number of rotatable bonds is 5. The highest BCUT2D eigenvalue weighted by atomic mass is 35.5. The van der Waals surface area contributed by atoms with Gasteiger partial charge in [0.1, 0.15) is 5.56 Å². The van der Waals surface area contributed by atoms with E-state index in [-0.39, 0.29) is 18.5 Å². The molecule has 0 unspecified atom stereocenters. The van der Waals surface area contributed by atoms with Gasteiger partial charge in [0.2, 0.25) is 0 Å². The first kappa shape index (κ1) is 16.3. The van der Waals surface area contributed by atoms with Crippen molar-refractivity contribution in [2.75, 3.05) is 12.4 Å². The lowest BCUT2D eigenvalue weighted by atomic mass is 10.1. The van der Waals surface area contributed by atoms with Gasteiger partial charge in [0.25, 0.3) is 11.6 Å². The van der Waals surface area contributed by atoms with E-state index in [1.165, 1.54) is 4.90 Å². The zero-order valence-electron chi connectivity index (χ0n) is 10.9. The predicted molar refractivity (Wildman–Crippen MR) is 69.9 cm³/mol. The molecule has 1 aromatic rings. The largest absolute Gasteiger partial charge is 0.335 e. The molecule has 0 aliphatic rings. The van der Waals surface area contributed by atoms with Crippen LogP contribution in [-0.2, 0) is 0 Å². The number of alkyl halides is 1. The highest BCUT2D eigenvalue weighted by molar-refractivity contribution is 6.18. The Bertz CT molecular complexity index is 538. The molecule has 0 N–H and O–H groups in total. The van der Waals surface area contributed by atoms with Gasteiger partial charge in [-0.15, -0.1) is 11.6 Å². The summed E-state index contributed by atoms with van der Waals surface area (Å²) in [6.07, 6.45) is 0. The molecule has 8 heteroatoms. The monoisotopic (exact) mass is 306 g/mol. The first-order chi connectivity index (χ1) is 9.29. The van der Waals surface area contributed by atoms with Crippen molar-refractivity contribution in [3.8, 4) is 0 Å². The number of nitrogens with zero attached hydrogens (tertiary/aromatic N) is 2. The van der Waals surface area contributed by atoms with Crippen molar-refractivity contribution in [1.82, 2.24) is 4.90 Å². The average Bonchev–Trinajstić information content (AvgIpc) is 2.37. The number of hydrogen-bond acceptors (Lipinski definition) is 3. The molecule has 0 aliphatic carbocycles. The second-order valence-electron chi connectivity index (χ2n) is 4.32. The van der Waals surface area contributed by atoms with E-state index in [4.69, 9.17) is 11.6 Å². The van der Waals surface area contributed by atoms with Gasteiger partial charge >= 0.3 is 0 Å². The van der Waals surface area contributed by atoms with E-state index in [0.717, 1.165) is 0 Å². The fourth-order valence-electron chi connectivity index (χ4n) is 1.70. The first-order valence-corrected chi connectivity index (χ1v) is 6.33. The van der Waals surface area contributed by atoms with Gasteiger partial charge in [-0.3, -0.25) is 14.9 Å². The lowest BCUT2D eigenvalue weighted by Gasteiger charge is -2.25. The molecule has 5 nitrogen and oxygen atoms in total. The molecule has 0 spiro atoms. The number of halogens is 3. The van der Waals surface area contributed by atoms with Crippen molar-refractivity contribution in [3.05, 3.63) is 39.4 Å². The van der Waals surface area contributed by atoms with E-state index in [1.54, 1.807) is 13.8 Å². The van der Waals surface area contributed by atoms with E-state index in [0.29, 0.717) is 12.1 Å². The molecule has 0 fully saturated rings. The number of nitro benzene ring substituents is 1. The van der Waals surface area contributed by atoms with Gasteiger partial charge in [-0.1, -0.05) is 0 Å². The van der Waals surface area contributed by atoms with E-state index < -0.39 is 33.7 Å². The predicted octanol–water partition coefficient (Wildman–Crippen LogP) is 2.96. The smallest absolute Gasteiger partial charge is 0.285 e. The number of benzene rings is 1. The van der Waals surface area contributed by atoms with Crippen molar-refractivity contribution < 1.29 is 18.5 Å². The van der Waals surface area contributed by atoms with Crippen LogP contribution < -0.4 is 0 Å². The summed E-state index contributed by atoms with van der Waals surface area (Å²) in [5.74, 6) is -3.32.